The monoisotopic (exact) mass is 322 g/mol. The standard InChI is InChI=1S/C17H23FN2O3/c18-14-11-13(3-4-15(14)20-7-9-23-10-8-20)16(22)19-17(12-21)5-1-2-6-17/h3-4,11,21H,1-2,5-10,12H2,(H,19,22). The van der Waals surface area contributed by atoms with Gasteiger partial charge < -0.3 is 20.1 Å². The lowest BCUT2D eigenvalue weighted by Crippen LogP contribution is -2.49. The molecular formula is C17H23FN2O3. The lowest BCUT2D eigenvalue weighted by molar-refractivity contribution is 0.0838. The maximum absolute atomic E-state index is 14.4. The summed E-state index contributed by atoms with van der Waals surface area (Å²) in [6.45, 7) is 2.39. The molecule has 0 unspecified atom stereocenters. The van der Waals surface area contributed by atoms with Crippen LogP contribution in [0.1, 0.15) is 36.0 Å². The third-order valence-electron chi connectivity index (χ3n) is 4.80. The molecule has 0 aromatic heterocycles. The molecule has 23 heavy (non-hydrogen) atoms. The number of anilines is 1. The largest absolute Gasteiger partial charge is 0.394 e. The topological polar surface area (TPSA) is 61.8 Å². The first-order valence-electron chi connectivity index (χ1n) is 8.19. The van der Waals surface area contributed by atoms with Crippen LogP contribution in [0.4, 0.5) is 10.1 Å². The van der Waals surface area contributed by atoms with Gasteiger partial charge in [0, 0.05) is 18.7 Å². The van der Waals surface area contributed by atoms with Gasteiger partial charge in [-0.3, -0.25) is 4.79 Å². The number of nitrogens with one attached hydrogen (secondary N) is 1. The SMILES string of the molecule is O=C(NC1(CO)CCCC1)c1ccc(N2CCOCC2)c(F)c1. The van der Waals surface area contributed by atoms with Crippen molar-refractivity contribution in [3.63, 3.8) is 0 Å². The number of rotatable bonds is 4. The molecule has 1 saturated heterocycles. The first kappa shape index (κ1) is 16.2. The quantitative estimate of drug-likeness (QED) is 0.886. The Labute approximate surface area is 135 Å². The molecule has 0 atom stereocenters. The summed E-state index contributed by atoms with van der Waals surface area (Å²) in [5.74, 6) is -0.725. The Morgan fingerprint density at radius 2 is 2.00 bits per heavy atom. The molecule has 2 aliphatic rings. The van der Waals surface area contributed by atoms with Crippen LogP contribution < -0.4 is 10.2 Å². The van der Waals surface area contributed by atoms with Gasteiger partial charge in [0.1, 0.15) is 5.82 Å². The summed E-state index contributed by atoms with van der Waals surface area (Å²) < 4.78 is 19.6. The van der Waals surface area contributed by atoms with Crippen LogP contribution >= 0.6 is 0 Å². The second kappa shape index (κ2) is 6.84. The molecule has 1 aliphatic heterocycles. The second-order valence-electron chi connectivity index (χ2n) is 6.37. The maximum atomic E-state index is 14.4. The highest BCUT2D eigenvalue weighted by Crippen LogP contribution is 2.30. The number of halogens is 1. The van der Waals surface area contributed by atoms with E-state index < -0.39 is 11.4 Å². The average Bonchev–Trinajstić information content (AvgIpc) is 3.04. The summed E-state index contributed by atoms with van der Waals surface area (Å²) in [5.41, 5.74) is 0.248. The Morgan fingerprint density at radius 1 is 1.30 bits per heavy atom. The molecule has 0 radical (unpaired) electrons. The maximum Gasteiger partial charge on any atom is 0.251 e. The van der Waals surface area contributed by atoms with Crippen molar-refractivity contribution >= 4 is 11.6 Å². The summed E-state index contributed by atoms with van der Waals surface area (Å²) in [6, 6.07) is 4.57. The summed E-state index contributed by atoms with van der Waals surface area (Å²) in [4.78, 5) is 14.3. The van der Waals surface area contributed by atoms with E-state index in [0.717, 1.165) is 25.7 Å². The molecule has 0 spiro atoms. The van der Waals surface area contributed by atoms with Crippen LogP contribution in [0.15, 0.2) is 18.2 Å². The lowest BCUT2D eigenvalue weighted by atomic mass is 9.98. The number of hydrogen-bond donors (Lipinski definition) is 2. The zero-order valence-electron chi connectivity index (χ0n) is 13.2. The number of carbonyl (C=O) groups excluding carboxylic acids is 1. The molecule has 1 aliphatic carbocycles. The van der Waals surface area contributed by atoms with E-state index in [1.54, 1.807) is 12.1 Å². The van der Waals surface area contributed by atoms with E-state index in [2.05, 4.69) is 5.32 Å². The molecule has 1 heterocycles. The number of morpholine rings is 1. The smallest absolute Gasteiger partial charge is 0.251 e. The van der Waals surface area contributed by atoms with Crippen molar-refractivity contribution in [3.8, 4) is 0 Å². The van der Waals surface area contributed by atoms with Gasteiger partial charge in [-0.25, -0.2) is 4.39 Å². The van der Waals surface area contributed by atoms with Crippen LogP contribution in [-0.2, 0) is 4.74 Å². The zero-order chi connectivity index (χ0) is 16.3. The number of nitrogens with zero attached hydrogens (tertiary/aromatic N) is 1. The predicted molar refractivity (Wildman–Crippen MR) is 85.2 cm³/mol. The van der Waals surface area contributed by atoms with E-state index in [9.17, 15) is 14.3 Å². The molecule has 5 nitrogen and oxygen atoms in total. The minimum absolute atomic E-state index is 0.0763. The van der Waals surface area contributed by atoms with Crippen LogP contribution in [-0.4, -0.2) is 49.5 Å². The number of aliphatic hydroxyl groups is 1. The first-order valence-corrected chi connectivity index (χ1v) is 8.19. The molecule has 0 bridgehead atoms. The number of benzene rings is 1. The highest BCUT2D eigenvalue weighted by Gasteiger charge is 2.35. The first-order chi connectivity index (χ1) is 11.1. The summed E-state index contributed by atoms with van der Waals surface area (Å²) in [5, 5.41) is 12.5. The summed E-state index contributed by atoms with van der Waals surface area (Å²) in [6.07, 6.45) is 3.52. The number of hydrogen-bond acceptors (Lipinski definition) is 4. The van der Waals surface area contributed by atoms with Crippen LogP contribution in [0, 0.1) is 5.82 Å². The van der Waals surface area contributed by atoms with E-state index in [0.29, 0.717) is 37.6 Å². The van der Waals surface area contributed by atoms with E-state index in [4.69, 9.17) is 4.74 Å². The minimum Gasteiger partial charge on any atom is -0.394 e. The Hall–Kier alpha value is -1.66. The number of ether oxygens (including phenoxy) is 1. The molecule has 1 aromatic rings. The molecule has 1 saturated carbocycles. The van der Waals surface area contributed by atoms with Gasteiger partial charge in [-0.1, -0.05) is 12.8 Å². The van der Waals surface area contributed by atoms with Crippen LogP contribution in [0.5, 0.6) is 0 Å². The van der Waals surface area contributed by atoms with Crippen molar-refractivity contribution in [2.45, 2.75) is 31.2 Å². The fourth-order valence-corrected chi connectivity index (χ4v) is 3.40. The average molecular weight is 322 g/mol. The van der Waals surface area contributed by atoms with E-state index >= 15 is 0 Å². The van der Waals surface area contributed by atoms with Crippen molar-refractivity contribution in [2.75, 3.05) is 37.8 Å². The zero-order valence-corrected chi connectivity index (χ0v) is 13.2. The minimum atomic E-state index is -0.545. The molecule has 126 valence electrons. The number of aliphatic hydroxyl groups excluding tert-OH is 1. The van der Waals surface area contributed by atoms with E-state index in [1.165, 1.54) is 6.07 Å². The molecule has 1 amide bonds. The van der Waals surface area contributed by atoms with Gasteiger partial charge in [-0.2, -0.15) is 0 Å². The van der Waals surface area contributed by atoms with Crippen molar-refractivity contribution in [3.05, 3.63) is 29.6 Å². The molecular weight excluding hydrogens is 299 g/mol. The van der Waals surface area contributed by atoms with E-state index in [-0.39, 0.29) is 12.5 Å². The van der Waals surface area contributed by atoms with Crippen LogP contribution in [0.2, 0.25) is 0 Å². The van der Waals surface area contributed by atoms with Crippen molar-refractivity contribution in [1.29, 1.82) is 0 Å². The lowest BCUT2D eigenvalue weighted by Gasteiger charge is -2.30. The van der Waals surface area contributed by atoms with E-state index in [1.807, 2.05) is 4.90 Å². The number of amides is 1. The van der Waals surface area contributed by atoms with Gasteiger partial charge in [0.2, 0.25) is 0 Å². The fraction of sp³-hybridized carbons (Fsp3) is 0.588. The van der Waals surface area contributed by atoms with Crippen molar-refractivity contribution in [2.24, 2.45) is 0 Å². The van der Waals surface area contributed by atoms with Gasteiger partial charge in [0.25, 0.3) is 5.91 Å². The van der Waals surface area contributed by atoms with Crippen LogP contribution in [0.25, 0.3) is 0 Å². The fourth-order valence-electron chi connectivity index (χ4n) is 3.40. The Bertz CT molecular complexity index is 567. The normalized spacial score (nSPS) is 20.5. The van der Waals surface area contributed by atoms with Gasteiger partial charge >= 0.3 is 0 Å². The Balaban J connectivity index is 1.72. The van der Waals surface area contributed by atoms with Gasteiger partial charge in [-0.05, 0) is 31.0 Å². The predicted octanol–water partition coefficient (Wildman–Crippen LogP) is 1.70. The van der Waals surface area contributed by atoms with Gasteiger partial charge in [0.05, 0.1) is 31.0 Å². The Kier molecular flexibility index (Phi) is 4.82. The number of carbonyl (C=O) groups is 1. The van der Waals surface area contributed by atoms with Gasteiger partial charge in [0.15, 0.2) is 0 Å². The van der Waals surface area contributed by atoms with Crippen LogP contribution in [0.3, 0.4) is 0 Å². The Morgan fingerprint density at radius 3 is 2.61 bits per heavy atom. The molecule has 1 aromatic carbocycles. The van der Waals surface area contributed by atoms with Crippen molar-refractivity contribution < 1.29 is 19.0 Å². The summed E-state index contributed by atoms with van der Waals surface area (Å²) >= 11 is 0. The molecule has 2 fully saturated rings. The van der Waals surface area contributed by atoms with Crippen molar-refractivity contribution in [1.82, 2.24) is 5.32 Å². The highest BCUT2D eigenvalue weighted by atomic mass is 19.1. The molecule has 3 rings (SSSR count). The summed E-state index contributed by atoms with van der Waals surface area (Å²) in [7, 11) is 0. The van der Waals surface area contributed by atoms with Gasteiger partial charge in [-0.15, -0.1) is 0 Å². The third kappa shape index (κ3) is 3.48. The molecule has 6 heteroatoms. The third-order valence-corrected chi connectivity index (χ3v) is 4.80. The second-order valence-corrected chi connectivity index (χ2v) is 6.37. The highest BCUT2D eigenvalue weighted by molar-refractivity contribution is 5.95. The molecule has 2 N–H and O–H groups in total.